The van der Waals surface area contributed by atoms with Crippen LogP contribution in [0.25, 0.3) is 0 Å². The van der Waals surface area contributed by atoms with E-state index in [1.807, 2.05) is 36.0 Å². The topological polar surface area (TPSA) is 59.4 Å². The van der Waals surface area contributed by atoms with Gasteiger partial charge in [0.1, 0.15) is 5.75 Å². The second kappa shape index (κ2) is 6.78. The molecule has 0 spiro atoms. The normalized spacial score (nSPS) is 10.2. The van der Waals surface area contributed by atoms with Gasteiger partial charge in [-0.05, 0) is 19.1 Å². The van der Waals surface area contributed by atoms with Crippen molar-refractivity contribution in [2.45, 2.75) is 20.0 Å². The number of hydrogen-bond donors (Lipinski definition) is 1. The van der Waals surface area contributed by atoms with E-state index >= 15 is 0 Å². The molecule has 0 unspecified atom stereocenters. The summed E-state index contributed by atoms with van der Waals surface area (Å²) in [5.74, 6) is 0.708. The predicted octanol–water partition coefficient (Wildman–Crippen LogP) is 2.58. The van der Waals surface area contributed by atoms with Gasteiger partial charge in [-0.3, -0.25) is 4.68 Å². The first-order chi connectivity index (χ1) is 10.1. The molecule has 6 heteroatoms. The van der Waals surface area contributed by atoms with Crippen molar-refractivity contribution in [3.05, 3.63) is 42.2 Å². The molecular weight excluding hydrogens is 268 g/mol. The lowest BCUT2D eigenvalue weighted by molar-refractivity contribution is 0.220. The second-order valence-corrected chi connectivity index (χ2v) is 4.72. The number of methoxy groups -OCH3 is 1. The van der Waals surface area contributed by atoms with E-state index in [1.54, 1.807) is 31.3 Å². The van der Waals surface area contributed by atoms with Crippen LogP contribution in [0.15, 0.2) is 36.7 Å². The Morgan fingerprint density at radius 1 is 1.48 bits per heavy atom. The zero-order valence-corrected chi connectivity index (χ0v) is 12.5. The Morgan fingerprint density at radius 2 is 2.29 bits per heavy atom. The van der Waals surface area contributed by atoms with Crippen LogP contribution in [-0.2, 0) is 13.1 Å². The smallest absolute Gasteiger partial charge is 0.321 e. The van der Waals surface area contributed by atoms with Crippen molar-refractivity contribution >= 4 is 11.7 Å². The van der Waals surface area contributed by atoms with Crippen molar-refractivity contribution in [3.8, 4) is 5.75 Å². The summed E-state index contributed by atoms with van der Waals surface area (Å²) in [4.78, 5) is 13.7. The summed E-state index contributed by atoms with van der Waals surface area (Å²) in [6.45, 7) is 3.35. The van der Waals surface area contributed by atoms with Crippen molar-refractivity contribution in [2.75, 3.05) is 19.5 Å². The number of aromatic nitrogens is 2. The van der Waals surface area contributed by atoms with Gasteiger partial charge < -0.3 is 15.0 Å². The third-order valence-electron chi connectivity index (χ3n) is 3.10. The fourth-order valence-electron chi connectivity index (χ4n) is 1.93. The van der Waals surface area contributed by atoms with Crippen LogP contribution in [0.3, 0.4) is 0 Å². The summed E-state index contributed by atoms with van der Waals surface area (Å²) in [5, 5.41) is 7.03. The average molecular weight is 288 g/mol. The zero-order chi connectivity index (χ0) is 15.2. The van der Waals surface area contributed by atoms with Gasteiger partial charge in [-0.25, -0.2) is 4.79 Å². The maximum Gasteiger partial charge on any atom is 0.321 e. The Hall–Kier alpha value is -2.50. The molecule has 0 atom stereocenters. The summed E-state index contributed by atoms with van der Waals surface area (Å²) in [7, 11) is 3.34. The number of amides is 2. The van der Waals surface area contributed by atoms with Crippen LogP contribution in [0.5, 0.6) is 5.75 Å². The quantitative estimate of drug-likeness (QED) is 0.920. The Balaban J connectivity index is 1.95. The Labute approximate surface area is 124 Å². The molecule has 0 saturated heterocycles. The van der Waals surface area contributed by atoms with E-state index in [9.17, 15) is 4.79 Å². The van der Waals surface area contributed by atoms with E-state index in [2.05, 4.69) is 10.4 Å². The monoisotopic (exact) mass is 288 g/mol. The second-order valence-electron chi connectivity index (χ2n) is 4.72. The molecule has 6 nitrogen and oxygen atoms in total. The van der Waals surface area contributed by atoms with E-state index in [0.717, 1.165) is 12.1 Å². The van der Waals surface area contributed by atoms with Crippen LogP contribution >= 0.6 is 0 Å². The van der Waals surface area contributed by atoms with Crippen LogP contribution in [0, 0.1) is 0 Å². The van der Waals surface area contributed by atoms with Crippen LogP contribution in [-0.4, -0.2) is 34.9 Å². The van der Waals surface area contributed by atoms with Gasteiger partial charge >= 0.3 is 6.03 Å². The minimum absolute atomic E-state index is 0.174. The highest BCUT2D eigenvalue weighted by molar-refractivity contribution is 5.89. The van der Waals surface area contributed by atoms with Crippen molar-refractivity contribution in [1.29, 1.82) is 0 Å². The van der Waals surface area contributed by atoms with Gasteiger partial charge in [-0.2, -0.15) is 5.10 Å². The highest BCUT2D eigenvalue weighted by Crippen LogP contribution is 2.17. The van der Waals surface area contributed by atoms with Gasteiger partial charge in [-0.1, -0.05) is 6.07 Å². The molecule has 2 rings (SSSR count). The first-order valence-electron chi connectivity index (χ1n) is 6.80. The molecule has 1 N–H and O–H groups in total. The van der Waals surface area contributed by atoms with Crippen LogP contribution in [0.2, 0.25) is 0 Å². The highest BCUT2D eigenvalue weighted by atomic mass is 16.5. The number of carbonyl (C=O) groups is 1. The van der Waals surface area contributed by atoms with E-state index in [0.29, 0.717) is 18.0 Å². The van der Waals surface area contributed by atoms with Crippen LogP contribution in [0.1, 0.15) is 12.5 Å². The number of anilines is 1. The van der Waals surface area contributed by atoms with E-state index in [1.165, 1.54) is 0 Å². The maximum absolute atomic E-state index is 12.1. The fraction of sp³-hybridized carbons (Fsp3) is 0.333. The Morgan fingerprint density at radius 3 is 2.95 bits per heavy atom. The number of hydrogen-bond acceptors (Lipinski definition) is 3. The molecule has 21 heavy (non-hydrogen) atoms. The average Bonchev–Trinajstić information content (AvgIpc) is 2.95. The predicted molar refractivity (Wildman–Crippen MR) is 81.4 cm³/mol. The molecule has 2 aromatic rings. The maximum atomic E-state index is 12.1. The van der Waals surface area contributed by atoms with Gasteiger partial charge in [-0.15, -0.1) is 0 Å². The molecule has 0 bridgehead atoms. The lowest BCUT2D eigenvalue weighted by atomic mass is 10.3. The fourth-order valence-corrected chi connectivity index (χ4v) is 1.93. The van der Waals surface area contributed by atoms with Gasteiger partial charge in [0.25, 0.3) is 0 Å². The van der Waals surface area contributed by atoms with E-state index < -0.39 is 0 Å². The number of urea groups is 1. The molecule has 1 heterocycles. The van der Waals surface area contributed by atoms with Crippen LogP contribution < -0.4 is 10.1 Å². The first-order valence-corrected chi connectivity index (χ1v) is 6.80. The standard InChI is InChI=1S/C15H20N4O2/c1-4-19-11-12(9-16-19)10-18(2)15(20)17-13-6-5-7-14(8-13)21-3/h5-9,11H,4,10H2,1-3H3,(H,17,20). The van der Waals surface area contributed by atoms with Gasteiger partial charge in [0, 0.05) is 37.1 Å². The Bertz CT molecular complexity index is 609. The molecule has 1 aromatic carbocycles. The molecule has 0 aliphatic rings. The molecule has 2 amide bonds. The van der Waals surface area contributed by atoms with Crippen molar-refractivity contribution in [3.63, 3.8) is 0 Å². The number of rotatable bonds is 5. The lowest BCUT2D eigenvalue weighted by Crippen LogP contribution is -2.30. The summed E-state index contributed by atoms with van der Waals surface area (Å²) in [6, 6.07) is 7.09. The largest absolute Gasteiger partial charge is 0.497 e. The number of benzene rings is 1. The van der Waals surface area contributed by atoms with Gasteiger partial charge in [0.05, 0.1) is 19.9 Å². The minimum atomic E-state index is -0.174. The number of nitrogens with zero attached hydrogens (tertiary/aromatic N) is 3. The number of carbonyl (C=O) groups excluding carboxylic acids is 1. The first kappa shape index (κ1) is 14.9. The molecule has 0 aliphatic carbocycles. The minimum Gasteiger partial charge on any atom is -0.497 e. The van der Waals surface area contributed by atoms with Gasteiger partial charge in [0.2, 0.25) is 0 Å². The Kier molecular flexibility index (Phi) is 4.81. The summed E-state index contributed by atoms with van der Waals surface area (Å²) in [5.41, 5.74) is 1.70. The number of aryl methyl sites for hydroxylation is 1. The zero-order valence-electron chi connectivity index (χ0n) is 12.5. The number of ether oxygens (including phenoxy) is 1. The molecular formula is C15H20N4O2. The summed E-state index contributed by atoms with van der Waals surface area (Å²) < 4.78 is 6.97. The summed E-state index contributed by atoms with van der Waals surface area (Å²) >= 11 is 0. The van der Waals surface area contributed by atoms with E-state index in [-0.39, 0.29) is 6.03 Å². The van der Waals surface area contributed by atoms with Crippen LogP contribution in [0.4, 0.5) is 10.5 Å². The molecule has 0 aliphatic heterocycles. The lowest BCUT2D eigenvalue weighted by Gasteiger charge is -2.17. The summed E-state index contributed by atoms with van der Waals surface area (Å²) in [6.07, 6.45) is 3.72. The SMILES string of the molecule is CCn1cc(CN(C)C(=O)Nc2cccc(OC)c2)cn1. The molecule has 0 saturated carbocycles. The molecule has 112 valence electrons. The third-order valence-corrected chi connectivity index (χ3v) is 3.10. The van der Waals surface area contributed by atoms with Gasteiger partial charge in [0.15, 0.2) is 0 Å². The molecule has 1 aromatic heterocycles. The van der Waals surface area contributed by atoms with Crippen molar-refractivity contribution in [2.24, 2.45) is 0 Å². The molecule has 0 radical (unpaired) electrons. The van der Waals surface area contributed by atoms with E-state index in [4.69, 9.17) is 4.74 Å². The van der Waals surface area contributed by atoms with Crippen molar-refractivity contribution < 1.29 is 9.53 Å². The number of nitrogens with one attached hydrogen (secondary N) is 1. The molecule has 0 fully saturated rings. The van der Waals surface area contributed by atoms with Crippen molar-refractivity contribution in [1.82, 2.24) is 14.7 Å². The third kappa shape index (κ3) is 3.98. The highest BCUT2D eigenvalue weighted by Gasteiger charge is 2.10.